The Morgan fingerprint density at radius 1 is 1.11 bits per heavy atom. The Morgan fingerprint density at radius 3 is 2.16 bits per heavy atom. The smallest absolute Gasteiger partial charge is 0.405 e. The van der Waals surface area contributed by atoms with E-state index in [1.165, 1.54) is 12.1 Å². The predicted octanol–water partition coefficient (Wildman–Crippen LogP) is 3.04. The normalized spacial score (nSPS) is 14.3. The quantitative estimate of drug-likeness (QED) is 0.508. The standard InChI is InChI=1S/C10H10F6N2O/c11-9(12,13)5-7(18-17)6-3-1-2-4-8(6)19-10(14,15)16/h1-4,7,18H,5,17H2. The second-order valence-corrected chi connectivity index (χ2v) is 3.62. The molecule has 0 heterocycles. The lowest BCUT2D eigenvalue weighted by Gasteiger charge is -2.21. The van der Waals surface area contributed by atoms with Gasteiger partial charge in [0.2, 0.25) is 0 Å². The zero-order chi connectivity index (χ0) is 14.7. The molecule has 3 nitrogen and oxygen atoms in total. The van der Waals surface area contributed by atoms with E-state index in [1.807, 2.05) is 5.43 Å². The van der Waals surface area contributed by atoms with Crippen molar-refractivity contribution in [3.8, 4) is 5.75 Å². The van der Waals surface area contributed by atoms with Crippen molar-refractivity contribution in [1.29, 1.82) is 0 Å². The summed E-state index contributed by atoms with van der Waals surface area (Å²) in [5.41, 5.74) is 1.51. The number of para-hydroxylation sites is 1. The van der Waals surface area contributed by atoms with Crippen LogP contribution in [0.3, 0.4) is 0 Å². The second kappa shape index (κ2) is 5.66. The summed E-state index contributed by atoms with van der Waals surface area (Å²) in [6.45, 7) is 0. The number of hydrogen-bond donors (Lipinski definition) is 2. The van der Waals surface area contributed by atoms with Gasteiger partial charge in [-0.1, -0.05) is 18.2 Å². The molecule has 0 aromatic heterocycles. The number of halogens is 6. The van der Waals surface area contributed by atoms with Gasteiger partial charge in [0.25, 0.3) is 0 Å². The Morgan fingerprint density at radius 2 is 1.68 bits per heavy atom. The van der Waals surface area contributed by atoms with Crippen LogP contribution in [-0.4, -0.2) is 12.5 Å². The van der Waals surface area contributed by atoms with E-state index in [0.29, 0.717) is 0 Å². The minimum Gasteiger partial charge on any atom is -0.405 e. The van der Waals surface area contributed by atoms with E-state index in [9.17, 15) is 26.3 Å². The third-order valence-electron chi connectivity index (χ3n) is 2.16. The maximum absolute atomic E-state index is 12.3. The van der Waals surface area contributed by atoms with Gasteiger partial charge in [0.15, 0.2) is 0 Å². The number of nitrogens with one attached hydrogen (secondary N) is 1. The van der Waals surface area contributed by atoms with Gasteiger partial charge in [0, 0.05) is 5.56 Å². The molecule has 1 unspecified atom stereocenters. The van der Waals surface area contributed by atoms with E-state index < -0.39 is 30.8 Å². The zero-order valence-corrected chi connectivity index (χ0v) is 9.35. The van der Waals surface area contributed by atoms with Gasteiger partial charge in [-0.2, -0.15) is 13.2 Å². The van der Waals surface area contributed by atoms with Crippen molar-refractivity contribution >= 4 is 0 Å². The van der Waals surface area contributed by atoms with E-state index in [4.69, 9.17) is 5.84 Å². The van der Waals surface area contributed by atoms with Crippen molar-refractivity contribution < 1.29 is 31.1 Å². The van der Waals surface area contributed by atoms with E-state index in [2.05, 4.69) is 4.74 Å². The van der Waals surface area contributed by atoms with Crippen LogP contribution in [0.4, 0.5) is 26.3 Å². The molecule has 19 heavy (non-hydrogen) atoms. The average Bonchev–Trinajstić information content (AvgIpc) is 2.23. The number of hydrogen-bond acceptors (Lipinski definition) is 3. The molecule has 0 saturated carbocycles. The Labute approximate surface area is 104 Å². The van der Waals surface area contributed by atoms with Gasteiger partial charge in [-0.3, -0.25) is 11.3 Å². The van der Waals surface area contributed by atoms with Crippen LogP contribution in [0.15, 0.2) is 24.3 Å². The fourth-order valence-electron chi connectivity index (χ4n) is 1.48. The zero-order valence-electron chi connectivity index (χ0n) is 9.35. The summed E-state index contributed by atoms with van der Waals surface area (Å²) < 4.78 is 76.9. The highest BCUT2D eigenvalue weighted by atomic mass is 19.4. The first kappa shape index (κ1) is 15.6. The third kappa shape index (κ3) is 5.35. The van der Waals surface area contributed by atoms with E-state index in [-0.39, 0.29) is 5.56 Å². The summed E-state index contributed by atoms with van der Waals surface area (Å²) in [6, 6.07) is 2.98. The average molecular weight is 288 g/mol. The van der Waals surface area contributed by atoms with Gasteiger partial charge in [-0.25, -0.2) is 0 Å². The summed E-state index contributed by atoms with van der Waals surface area (Å²) in [5.74, 6) is 4.24. The highest BCUT2D eigenvalue weighted by Crippen LogP contribution is 2.35. The lowest BCUT2D eigenvalue weighted by atomic mass is 10.0. The lowest BCUT2D eigenvalue weighted by Crippen LogP contribution is -2.32. The summed E-state index contributed by atoms with van der Waals surface area (Å²) in [4.78, 5) is 0. The van der Waals surface area contributed by atoms with Crippen LogP contribution < -0.4 is 16.0 Å². The second-order valence-electron chi connectivity index (χ2n) is 3.62. The number of alkyl halides is 6. The molecule has 0 amide bonds. The van der Waals surface area contributed by atoms with E-state index in [0.717, 1.165) is 12.1 Å². The maximum Gasteiger partial charge on any atom is 0.573 e. The van der Waals surface area contributed by atoms with Gasteiger partial charge in [0.05, 0.1) is 12.5 Å². The molecular weight excluding hydrogens is 278 g/mol. The first-order chi connectivity index (χ1) is 8.62. The molecule has 0 spiro atoms. The predicted molar refractivity (Wildman–Crippen MR) is 53.9 cm³/mol. The minimum absolute atomic E-state index is 0.320. The first-order valence-electron chi connectivity index (χ1n) is 5.00. The SMILES string of the molecule is NNC(CC(F)(F)F)c1ccccc1OC(F)(F)F. The molecule has 0 aliphatic rings. The maximum atomic E-state index is 12.3. The van der Waals surface area contributed by atoms with Crippen LogP contribution in [0, 0.1) is 0 Å². The van der Waals surface area contributed by atoms with Gasteiger partial charge < -0.3 is 4.74 Å². The van der Waals surface area contributed by atoms with Crippen LogP contribution in [0.2, 0.25) is 0 Å². The molecular formula is C10H10F6N2O. The number of rotatable bonds is 4. The first-order valence-corrected chi connectivity index (χ1v) is 5.00. The molecule has 0 saturated heterocycles. The Hall–Kier alpha value is -1.48. The highest BCUT2D eigenvalue weighted by Gasteiger charge is 2.36. The molecule has 108 valence electrons. The topological polar surface area (TPSA) is 47.3 Å². The van der Waals surface area contributed by atoms with Crippen LogP contribution in [-0.2, 0) is 0 Å². The molecule has 1 rings (SSSR count). The van der Waals surface area contributed by atoms with Gasteiger partial charge in [-0.15, -0.1) is 13.2 Å². The van der Waals surface area contributed by atoms with Crippen LogP contribution >= 0.6 is 0 Å². The molecule has 3 N–H and O–H groups in total. The van der Waals surface area contributed by atoms with Crippen molar-refractivity contribution in [2.45, 2.75) is 25.0 Å². The minimum atomic E-state index is -4.99. The molecule has 1 aromatic carbocycles. The summed E-state index contributed by atoms with van der Waals surface area (Å²) in [6.07, 6.45) is -11.0. The molecule has 0 aliphatic carbocycles. The van der Waals surface area contributed by atoms with E-state index in [1.54, 1.807) is 0 Å². The van der Waals surface area contributed by atoms with Crippen molar-refractivity contribution in [3.63, 3.8) is 0 Å². The van der Waals surface area contributed by atoms with Crippen LogP contribution in [0.1, 0.15) is 18.0 Å². The fraction of sp³-hybridized carbons (Fsp3) is 0.400. The van der Waals surface area contributed by atoms with Crippen LogP contribution in [0.5, 0.6) is 5.75 Å². The number of hydrazine groups is 1. The molecule has 0 fully saturated rings. The summed E-state index contributed by atoms with van der Waals surface area (Å²) >= 11 is 0. The van der Waals surface area contributed by atoms with Gasteiger partial charge >= 0.3 is 12.5 Å². The molecule has 9 heteroatoms. The fourth-order valence-corrected chi connectivity index (χ4v) is 1.48. The Balaban J connectivity index is 3.03. The van der Waals surface area contributed by atoms with Gasteiger partial charge in [0.1, 0.15) is 5.75 Å². The Bertz CT molecular complexity index is 417. The largest absolute Gasteiger partial charge is 0.573 e. The van der Waals surface area contributed by atoms with Crippen LogP contribution in [0.25, 0.3) is 0 Å². The molecule has 0 radical (unpaired) electrons. The van der Waals surface area contributed by atoms with E-state index >= 15 is 0 Å². The molecule has 1 atom stereocenters. The third-order valence-corrected chi connectivity index (χ3v) is 2.16. The summed E-state index contributed by atoms with van der Waals surface area (Å²) in [5, 5.41) is 0. The van der Waals surface area contributed by atoms with Crippen molar-refractivity contribution in [3.05, 3.63) is 29.8 Å². The van der Waals surface area contributed by atoms with Crippen molar-refractivity contribution in [2.75, 3.05) is 0 Å². The van der Waals surface area contributed by atoms with Crippen molar-refractivity contribution in [1.82, 2.24) is 5.43 Å². The lowest BCUT2D eigenvalue weighted by molar-refractivity contribution is -0.275. The monoisotopic (exact) mass is 288 g/mol. The molecule has 0 bridgehead atoms. The molecule has 1 aromatic rings. The number of ether oxygens (including phenoxy) is 1. The number of nitrogens with two attached hydrogens (primary N) is 1. The number of benzene rings is 1. The Kier molecular flexibility index (Phi) is 4.64. The van der Waals surface area contributed by atoms with Crippen molar-refractivity contribution in [2.24, 2.45) is 5.84 Å². The van der Waals surface area contributed by atoms with Gasteiger partial charge in [-0.05, 0) is 6.07 Å². The highest BCUT2D eigenvalue weighted by molar-refractivity contribution is 5.36. The summed E-state index contributed by atoms with van der Waals surface area (Å²) in [7, 11) is 0. The molecule has 0 aliphatic heterocycles.